The molecule has 0 amide bonds. The molecule has 2 aromatic rings. The quantitative estimate of drug-likeness (QED) is 0.908. The van der Waals surface area contributed by atoms with Crippen LogP contribution in [0.15, 0.2) is 9.93 Å². The van der Waals surface area contributed by atoms with Crippen molar-refractivity contribution >= 4 is 17.3 Å². The topological polar surface area (TPSA) is 76.2 Å². The zero-order valence-electron chi connectivity index (χ0n) is 9.72. The molecule has 0 aliphatic rings. The Morgan fingerprint density at radius 2 is 2.24 bits per heavy atom. The number of aromatic carboxylic acids is 1. The van der Waals surface area contributed by atoms with Gasteiger partial charge < -0.3 is 9.52 Å². The van der Waals surface area contributed by atoms with Gasteiger partial charge in [0.2, 0.25) is 11.7 Å². The standard InChI is InChI=1S/C11H12N2O3S/c1-5(2)7-8(11(14)15)16-10(13-7)9-6(3)12-4-17-9/h4-5H,1-3H3,(H,14,15). The van der Waals surface area contributed by atoms with E-state index in [2.05, 4.69) is 9.97 Å². The molecule has 0 aromatic carbocycles. The Bertz CT molecular complexity index is 557. The third kappa shape index (κ3) is 2.08. The largest absolute Gasteiger partial charge is 0.475 e. The summed E-state index contributed by atoms with van der Waals surface area (Å²) in [5, 5.41) is 9.05. The van der Waals surface area contributed by atoms with Crippen LogP contribution < -0.4 is 0 Å². The Balaban J connectivity index is 2.55. The van der Waals surface area contributed by atoms with Crippen LogP contribution in [0, 0.1) is 6.92 Å². The Kier molecular flexibility index (Phi) is 2.97. The summed E-state index contributed by atoms with van der Waals surface area (Å²) in [5.41, 5.74) is 2.95. The molecule has 0 aliphatic carbocycles. The van der Waals surface area contributed by atoms with Crippen LogP contribution in [-0.2, 0) is 0 Å². The number of hydrogen-bond donors (Lipinski definition) is 1. The molecule has 0 aliphatic heterocycles. The number of thiazole rings is 1. The fourth-order valence-corrected chi connectivity index (χ4v) is 2.21. The van der Waals surface area contributed by atoms with Crippen LogP contribution in [0.2, 0.25) is 0 Å². The summed E-state index contributed by atoms with van der Waals surface area (Å²) in [6, 6.07) is 0. The molecular weight excluding hydrogens is 240 g/mol. The van der Waals surface area contributed by atoms with Crippen molar-refractivity contribution in [2.45, 2.75) is 26.7 Å². The molecule has 0 saturated carbocycles. The summed E-state index contributed by atoms with van der Waals surface area (Å²) >= 11 is 1.39. The van der Waals surface area contributed by atoms with Gasteiger partial charge in [0.25, 0.3) is 0 Å². The van der Waals surface area contributed by atoms with Gasteiger partial charge in [0.15, 0.2) is 0 Å². The number of rotatable bonds is 3. The number of aryl methyl sites for hydroxylation is 1. The van der Waals surface area contributed by atoms with Crippen LogP contribution in [0.3, 0.4) is 0 Å². The Morgan fingerprint density at radius 1 is 1.53 bits per heavy atom. The van der Waals surface area contributed by atoms with Gasteiger partial charge in [-0.05, 0) is 12.8 Å². The SMILES string of the molecule is Cc1ncsc1-c1nc(C(C)C)c(C(=O)O)o1. The number of carboxylic acid groups (broad SMARTS) is 1. The van der Waals surface area contributed by atoms with Crippen molar-refractivity contribution in [2.75, 3.05) is 0 Å². The number of hydrogen-bond acceptors (Lipinski definition) is 5. The minimum Gasteiger partial charge on any atom is -0.475 e. The zero-order valence-corrected chi connectivity index (χ0v) is 10.5. The van der Waals surface area contributed by atoms with Crippen LogP contribution in [0.5, 0.6) is 0 Å². The molecule has 1 N–H and O–H groups in total. The summed E-state index contributed by atoms with van der Waals surface area (Å²) in [4.78, 5) is 20.2. The van der Waals surface area contributed by atoms with Crippen molar-refractivity contribution in [1.82, 2.24) is 9.97 Å². The van der Waals surface area contributed by atoms with E-state index in [1.807, 2.05) is 20.8 Å². The zero-order chi connectivity index (χ0) is 12.6. The second-order valence-corrected chi connectivity index (χ2v) is 4.81. The lowest BCUT2D eigenvalue weighted by molar-refractivity contribution is 0.0661. The van der Waals surface area contributed by atoms with Gasteiger partial charge in [-0.3, -0.25) is 0 Å². The monoisotopic (exact) mass is 252 g/mol. The number of carboxylic acids is 1. The maximum atomic E-state index is 11.0. The molecule has 6 heteroatoms. The minimum atomic E-state index is -1.09. The van der Waals surface area contributed by atoms with Crippen LogP contribution >= 0.6 is 11.3 Å². The molecule has 2 aromatic heterocycles. The van der Waals surface area contributed by atoms with Gasteiger partial charge in [-0.15, -0.1) is 11.3 Å². The summed E-state index contributed by atoms with van der Waals surface area (Å²) in [6.07, 6.45) is 0. The van der Waals surface area contributed by atoms with E-state index in [9.17, 15) is 4.79 Å². The van der Waals surface area contributed by atoms with Gasteiger partial charge in [-0.1, -0.05) is 13.8 Å². The molecule has 17 heavy (non-hydrogen) atoms. The van der Waals surface area contributed by atoms with Crippen LogP contribution in [0.1, 0.15) is 41.7 Å². The smallest absolute Gasteiger partial charge is 0.373 e. The number of aromatic nitrogens is 2. The first kappa shape index (κ1) is 11.8. The lowest BCUT2D eigenvalue weighted by atomic mass is 10.1. The number of oxazole rings is 1. The maximum Gasteiger partial charge on any atom is 0.373 e. The lowest BCUT2D eigenvalue weighted by Crippen LogP contribution is -2.01. The first-order valence-electron chi connectivity index (χ1n) is 5.15. The maximum absolute atomic E-state index is 11.0. The molecule has 0 atom stereocenters. The molecule has 0 radical (unpaired) electrons. The van der Waals surface area contributed by atoms with Crippen molar-refractivity contribution in [2.24, 2.45) is 0 Å². The van der Waals surface area contributed by atoms with Crippen LogP contribution in [0.4, 0.5) is 0 Å². The van der Waals surface area contributed by atoms with Gasteiger partial charge in [0.05, 0.1) is 16.9 Å². The number of carbonyl (C=O) groups is 1. The van der Waals surface area contributed by atoms with Crippen molar-refractivity contribution in [3.8, 4) is 10.8 Å². The summed E-state index contributed by atoms with van der Waals surface area (Å²) in [6.45, 7) is 5.60. The highest BCUT2D eigenvalue weighted by Gasteiger charge is 2.23. The molecule has 5 nitrogen and oxygen atoms in total. The van der Waals surface area contributed by atoms with Crippen molar-refractivity contribution in [3.63, 3.8) is 0 Å². The molecule has 90 valence electrons. The first-order valence-corrected chi connectivity index (χ1v) is 6.03. The van der Waals surface area contributed by atoms with Crippen molar-refractivity contribution in [3.05, 3.63) is 22.7 Å². The first-order chi connectivity index (χ1) is 8.00. The predicted molar refractivity (Wildman–Crippen MR) is 63.4 cm³/mol. The molecule has 2 heterocycles. The Morgan fingerprint density at radius 3 is 2.65 bits per heavy atom. The second kappa shape index (κ2) is 4.29. The van der Waals surface area contributed by atoms with Gasteiger partial charge in [-0.2, -0.15) is 0 Å². The van der Waals surface area contributed by atoms with Gasteiger partial charge in [0, 0.05) is 0 Å². The number of nitrogens with zero attached hydrogens (tertiary/aromatic N) is 2. The lowest BCUT2D eigenvalue weighted by Gasteiger charge is -1.98. The predicted octanol–water partition coefficient (Wildman–Crippen LogP) is 2.93. The van der Waals surface area contributed by atoms with Gasteiger partial charge in [-0.25, -0.2) is 14.8 Å². The van der Waals surface area contributed by atoms with E-state index in [-0.39, 0.29) is 11.7 Å². The molecule has 0 fully saturated rings. The normalized spacial score (nSPS) is 11.1. The van der Waals surface area contributed by atoms with E-state index < -0.39 is 5.97 Å². The second-order valence-electron chi connectivity index (χ2n) is 3.96. The van der Waals surface area contributed by atoms with Crippen LogP contribution in [-0.4, -0.2) is 21.0 Å². The average Bonchev–Trinajstić information content (AvgIpc) is 2.82. The van der Waals surface area contributed by atoms with E-state index >= 15 is 0 Å². The molecule has 0 saturated heterocycles. The summed E-state index contributed by atoms with van der Waals surface area (Å²) in [5.74, 6) is -0.824. The highest BCUT2D eigenvalue weighted by molar-refractivity contribution is 7.13. The fraction of sp³-hybridized carbons (Fsp3) is 0.364. The molecular formula is C11H12N2O3S. The molecule has 2 rings (SSSR count). The molecule has 0 spiro atoms. The van der Waals surface area contributed by atoms with Crippen molar-refractivity contribution in [1.29, 1.82) is 0 Å². The highest BCUT2D eigenvalue weighted by Crippen LogP contribution is 2.30. The Hall–Kier alpha value is -1.69. The third-order valence-electron chi connectivity index (χ3n) is 2.33. The van der Waals surface area contributed by atoms with Gasteiger partial charge >= 0.3 is 5.97 Å². The molecule has 0 unspecified atom stereocenters. The van der Waals surface area contributed by atoms with E-state index in [1.54, 1.807) is 5.51 Å². The van der Waals surface area contributed by atoms with E-state index in [0.29, 0.717) is 11.6 Å². The summed E-state index contributed by atoms with van der Waals surface area (Å²) < 4.78 is 5.32. The Labute approximate surface area is 102 Å². The van der Waals surface area contributed by atoms with Crippen molar-refractivity contribution < 1.29 is 14.3 Å². The molecule has 0 bridgehead atoms. The van der Waals surface area contributed by atoms with E-state index in [4.69, 9.17) is 9.52 Å². The summed E-state index contributed by atoms with van der Waals surface area (Å²) in [7, 11) is 0. The van der Waals surface area contributed by atoms with Gasteiger partial charge in [0.1, 0.15) is 4.88 Å². The third-order valence-corrected chi connectivity index (χ3v) is 3.25. The minimum absolute atomic E-state index is 0.00632. The highest BCUT2D eigenvalue weighted by atomic mass is 32.1. The van der Waals surface area contributed by atoms with E-state index in [0.717, 1.165) is 10.6 Å². The fourth-order valence-electron chi connectivity index (χ4n) is 1.48. The average molecular weight is 252 g/mol. The van der Waals surface area contributed by atoms with E-state index in [1.165, 1.54) is 11.3 Å². The van der Waals surface area contributed by atoms with Crippen LogP contribution in [0.25, 0.3) is 10.8 Å².